The van der Waals surface area contributed by atoms with Crippen molar-refractivity contribution in [2.75, 3.05) is 18.5 Å². The third-order valence-corrected chi connectivity index (χ3v) is 2.24. The molecule has 2 amide bonds. The molecule has 0 radical (unpaired) electrons. The monoisotopic (exact) mass is 250 g/mol. The van der Waals surface area contributed by atoms with Gasteiger partial charge in [0.2, 0.25) is 11.8 Å². The highest BCUT2D eigenvalue weighted by atomic mass is 16.5. The molecule has 0 aliphatic carbocycles. The number of anilines is 1. The van der Waals surface area contributed by atoms with Crippen LogP contribution in [0.1, 0.15) is 18.9 Å². The van der Waals surface area contributed by atoms with Gasteiger partial charge in [0.1, 0.15) is 6.61 Å². The number of para-hydroxylation sites is 1. The van der Waals surface area contributed by atoms with Crippen LogP contribution in [0.3, 0.4) is 0 Å². The molecule has 0 unspecified atom stereocenters. The van der Waals surface area contributed by atoms with E-state index in [-0.39, 0.29) is 18.9 Å². The minimum Gasteiger partial charge on any atom is -0.372 e. The molecule has 0 atom stereocenters. The molecule has 1 aromatic rings. The van der Waals surface area contributed by atoms with Crippen molar-refractivity contribution < 1.29 is 14.3 Å². The molecule has 5 heteroatoms. The first-order valence-corrected chi connectivity index (χ1v) is 5.87. The Morgan fingerprint density at radius 1 is 1.33 bits per heavy atom. The van der Waals surface area contributed by atoms with Gasteiger partial charge in [-0.2, -0.15) is 0 Å². The normalized spacial score (nSPS) is 10.1. The lowest BCUT2D eigenvalue weighted by Gasteiger charge is -2.10. The zero-order valence-electron chi connectivity index (χ0n) is 10.4. The molecule has 98 valence electrons. The molecule has 0 saturated heterocycles. The fourth-order valence-electron chi connectivity index (χ4n) is 1.48. The van der Waals surface area contributed by atoms with Gasteiger partial charge >= 0.3 is 0 Å². The molecule has 0 aliphatic rings. The van der Waals surface area contributed by atoms with Crippen LogP contribution in [-0.4, -0.2) is 25.0 Å². The second-order valence-corrected chi connectivity index (χ2v) is 3.90. The van der Waals surface area contributed by atoms with Crippen molar-refractivity contribution in [1.82, 2.24) is 0 Å². The third-order valence-electron chi connectivity index (χ3n) is 2.24. The molecule has 1 rings (SSSR count). The lowest BCUT2D eigenvalue weighted by atomic mass is 10.1. The lowest BCUT2D eigenvalue weighted by molar-refractivity contribution is -0.120. The molecule has 0 aromatic heterocycles. The summed E-state index contributed by atoms with van der Waals surface area (Å²) in [7, 11) is 0. The van der Waals surface area contributed by atoms with Crippen LogP contribution in [0.5, 0.6) is 0 Å². The van der Waals surface area contributed by atoms with Crippen molar-refractivity contribution in [3.8, 4) is 0 Å². The first kappa shape index (κ1) is 14.2. The van der Waals surface area contributed by atoms with Crippen molar-refractivity contribution in [3.63, 3.8) is 0 Å². The summed E-state index contributed by atoms with van der Waals surface area (Å²) in [6.07, 6.45) is 0.970. The molecule has 0 saturated carbocycles. The standard InChI is InChI=1S/C13H18N2O3/c1-2-7-18-9-13(17)15-11-6-4-3-5-10(11)8-12(14)16/h3-6H,2,7-9H2,1H3,(H2,14,16)(H,15,17). The average Bonchev–Trinajstić information content (AvgIpc) is 2.31. The first-order chi connectivity index (χ1) is 8.63. The lowest BCUT2D eigenvalue weighted by Crippen LogP contribution is -2.21. The number of hydrogen-bond donors (Lipinski definition) is 2. The maximum absolute atomic E-state index is 11.6. The number of ether oxygens (including phenoxy) is 1. The maximum Gasteiger partial charge on any atom is 0.250 e. The summed E-state index contributed by atoms with van der Waals surface area (Å²) in [4.78, 5) is 22.5. The number of nitrogens with two attached hydrogens (primary N) is 1. The van der Waals surface area contributed by atoms with Gasteiger partial charge in [-0.15, -0.1) is 0 Å². The Morgan fingerprint density at radius 3 is 2.72 bits per heavy atom. The zero-order valence-corrected chi connectivity index (χ0v) is 10.4. The van der Waals surface area contributed by atoms with Gasteiger partial charge in [-0.05, 0) is 18.1 Å². The van der Waals surface area contributed by atoms with Gasteiger partial charge in [0.15, 0.2) is 0 Å². The van der Waals surface area contributed by atoms with E-state index in [0.717, 1.165) is 6.42 Å². The number of carbonyl (C=O) groups is 2. The van der Waals surface area contributed by atoms with Crippen LogP contribution in [0.4, 0.5) is 5.69 Å². The number of carbonyl (C=O) groups excluding carboxylic acids is 2. The predicted octanol–water partition coefficient (Wildman–Crippen LogP) is 1.08. The van der Waals surface area contributed by atoms with Gasteiger partial charge in [-0.3, -0.25) is 9.59 Å². The smallest absolute Gasteiger partial charge is 0.250 e. The Labute approximate surface area is 106 Å². The first-order valence-electron chi connectivity index (χ1n) is 5.87. The Morgan fingerprint density at radius 2 is 2.06 bits per heavy atom. The summed E-state index contributed by atoms with van der Waals surface area (Å²) in [5.74, 6) is -0.667. The largest absolute Gasteiger partial charge is 0.372 e. The fraction of sp³-hybridized carbons (Fsp3) is 0.385. The van der Waals surface area contributed by atoms with Crippen LogP contribution in [0.15, 0.2) is 24.3 Å². The van der Waals surface area contributed by atoms with Crippen LogP contribution >= 0.6 is 0 Å². The molecule has 0 spiro atoms. The van der Waals surface area contributed by atoms with E-state index < -0.39 is 5.91 Å². The second-order valence-electron chi connectivity index (χ2n) is 3.90. The van der Waals surface area contributed by atoms with Crippen molar-refractivity contribution >= 4 is 17.5 Å². The molecule has 0 fully saturated rings. The van der Waals surface area contributed by atoms with Gasteiger partial charge in [0, 0.05) is 12.3 Å². The SMILES string of the molecule is CCCOCC(=O)Nc1ccccc1CC(N)=O. The summed E-state index contributed by atoms with van der Waals surface area (Å²) < 4.78 is 5.13. The number of hydrogen-bond acceptors (Lipinski definition) is 3. The van der Waals surface area contributed by atoms with E-state index in [0.29, 0.717) is 17.9 Å². The van der Waals surface area contributed by atoms with E-state index in [1.807, 2.05) is 6.92 Å². The van der Waals surface area contributed by atoms with E-state index in [2.05, 4.69) is 5.32 Å². The topological polar surface area (TPSA) is 81.4 Å². The Balaban J connectivity index is 2.60. The Hall–Kier alpha value is -1.88. The van der Waals surface area contributed by atoms with Crippen LogP contribution in [-0.2, 0) is 20.7 Å². The van der Waals surface area contributed by atoms with E-state index in [4.69, 9.17) is 10.5 Å². The summed E-state index contributed by atoms with van der Waals surface area (Å²) in [6.45, 7) is 2.54. The minimum atomic E-state index is -0.432. The summed E-state index contributed by atoms with van der Waals surface area (Å²) >= 11 is 0. The number of primary amides is 1. The van der Waals surface area contributed by atoms with E-state index in [9.17, 15) is 9.59 Å². The number of benzene rings is 1. The Bertz CT molecular complexity index is 418. The molecule has 5 nitrogen and oxygen atoms in total. The van der Waals surface area contributed by atoms with E-state index in [1.54, 1.807) is 24.3 Å². The van der Waals surface area contributed by atoms with Gasteiger partial charge in [0.05, 0.1) is 6.42 Å². The molecule has 0 aliphatic heterocycles. The van der Waals surface area contributed by atoms with Crippen molar-refractivity contribution in [2.24, 2.45) is 5.73 Å². The highest BCUT2D eigenvalue weighted by molar-refractivity contribution is 5.93. The van der Waals surface area contributed by atoms with E-state index >= 15 is 0 Å². The summed E-state index contributed by atoms with van der Waals surface area (Å²) in [5, 5.41) is 2.70. The molecule has 0 heterocycles. The van der Waals surface area contributed by atoms with E-state index in [1.165, 1.54) is 0 Å². The average molecular weight is 250 g/mol. The van der Waals surface area contributed by atoms with Crippen LogP contribution < -0.4 is 11.1 Å². The number of nitrogens with one attached hydrogen (secondary N) is 1. The fourth-order valence-corrected chi connectivity index (χ4v) is 1.48. The highest BCUT2D eigenvalue weighted by Crippen LogP contribution is 2.15. The molecule has 0 bridgehead atoms. The summed E-state index contributed by atoms with van der Waals surface area (Å²) in [5.41, 5.74) is 6.45. The van der Waals surface area contributed by atoms with Crippen molar-refractivity contribution in [3.05, 3.63) is 29.8 Å². The summed E-state index contributed by atoms with van der Waals surface area (Å²) in [6, 6.07) is 7.07. The Kier molecular flexibility index (Phi) is 5.87. The highest BCUT2D eigenvalue weighted by Gasteiger charge is 2.08. The van der Waals surface area contributed by atoms with Gasteiger partial charge < -0.3 is 15.8 Å². The molecule has 18 heavy (non-hydrogen) atoms. The molecular formula is C13H18N2O3. The quantitative estimate of drug-likeness (QED) is 0.710. The van der Waals surface area contributed by atoms with Crippen LogP contribution in [0.2, 0.25) is 0 Å². The molecule has 1 aromatic carbocycles. The number of amides is 2. The third kappa shape index (κ3) is 4.97. The molecular weight excluding hydrogens is 232 g/mol. The van der Waals surface area contributed by atoms with Crippen LogP contribution in [0, 0.1) is 0 Å². The number of rotatable bonds is 7. The van der Waals surface area contributed by atoms with Crippen molar-refractivity contribution in [2.45, 2.75) is 19.8 Å². The second kappa shape index (κ2) is 7.45. The zero-order chi connectivity index (χ0) is 13.4. The van der Waals surface area contributed by atoms with Crippen LogP contribution in [0.25, 0.3) is 0 Å². The maximum atomic E-state index is 11.6. The van der Waals surface area contributed by atoms with Gasteiger partial charge in [-0.25, -0.2) is 0 Å². The van der Waals surface area contributed by atoms with Gasteiger partial charge in [-0.1, -0.05) is 25.1 Å². The van der Waals surface area contributed by atoms with Crippen molar-refractivity contribution in [1.29, 1.82) is 0 Å². The predicted molar refractivity (Wildman–Crippen MR) is 69.1 cm³/mol. The van der Waals surface area contributed by atoms with Gasteiger partial charge in [0.25, 0.3) is 0 Å². The minimum absolute atomic E-state index is 0.0126. The molecule has 3 N–H and O–H groups in total.